The van der Waals surface area contributed by atoms with Crippen LogP contribution in [0, 0.1) is 0 Å². The van der Waals surface area contributed by atoms with E-state index in [2.05, 4.69) is 12.6 Å². The van der Waals surface area contributed by atoms with Crippen LogP contribution in [0.5, 0.6) is 0 Å². The van der Waals surface area contributed by atoms with Crippen LogP contribution in [0.25, 0.3) is 0 Å². The van der Waals surface area contributed by atoms with Crippen LogP contribution in [-0.2, 0) is 16.0 Å². The summed E-state index contributed by atoms with van der Waals surface area (Å²) in [5, 5.41) is 0.115. The Balaban J connectivity index is 2.18. The minimum absolute atomic E-state index is 0.115. The number of ether oxygens (including phenoxy) is 1. The van der Waals surface area contributed by atoms with Crippen molar-refractivity contribution in [2.75, 3.05) is 6.61 Å². The van der Waals surface area contributed by atoms with E-state index < -0.39 is 0 Å². The van der Waals surface area contributed by atoms with Gasteiger partial charge in [-0.05, 0) is 12.0 Å². The van der Waals surface area contributed by atoms with Gasteiger partial charge in [-0.15, -0.1) is 0 Å². The second kappa shape index (κ2) is 7.34. The van der Waals surface area contributed by atoms with Gasteiger partial charge < -0.3 is 4.74 Å². The maximum Gasteiger partial charge on any atom is 0.306 e. The van der Waals surface area contributed by atoms with Gasteiger partial charge in [-0.1, -0.05) is 37.3 Å². The zero-order chi connectivity index (χ0) is 11.8. The van der Waals surface area contributed by atoms with E-state index in [1.165, 1.54) is 5.56 Å². The van der Waals surface area contributed by atoms with Crippen LogP contribution in [-0.4, -0.2) is 17.8 Å². The molecule has 3 heteroatoms. The molecule has 0 fully saturated rings. The summed E-state index contributed by atoms with van der Waals surface area (Å²) in [5.41, 5.74) is 1.19. The molecule has 0 radical (unpaired) electrons. The number of esters is 1. The third-order valence-corrected chi connectivity index (χ3v) is 2.92. The van der Waals surface area contributed by atoms with Crippen molar-refractivity contribution >= 4 is 18.6 Å². The van der Waals surface area contributed by atoms with Gasteiger partial charge in [-0.25, -0.2) is 0 Å². The summed E-state index contributed by atoms with van der Waals surface area (Å²) >= 11 is 4.26. The lowest BCUT2D eigenvalue weighted by atomic mass is 10.2. The molecule has 1 aromatic rings. The monoisotopic (exact) mass is 238 g/mol. The molecule has 0 N–H and O–H groups in total. The molecule has 1 unspecified atom stereocenters. The third kappa shape index (κ3) is 5.21. The van der Waals surface area contributed by atoms with Crippen molar-refractivity contribution < 1.29 is 9.53 Å². The molecule has 88 valence electrons. The van der Waals surface area contributed by atoms with Gasteiger partial charge in [0.05, 0.1) is 13.0 Å². The van der Waals surface area contributed by atoms with Gasteiger partial charge in [0.25, 0.3) is 0 Å². The summed E-state index contributed by atoms with van der Waals surface area (Å²) in [4.78, 5) is 11.3. The molecule has 0 heterocycles. The summed E-state index contributed by atoms with van der Waals surface area (Å²) in [6, 6.07) is 10.0. The van der Waals surface area contributed by atoms with Crippen LogP contribution in [0.15, 0.2) is 30.3 Å². The Labute approximate surface area is 102 Å². The molecule has 16 heavy (non-hydrogen) atoms. The number of hydrogen-bond donors (Lipinski definition) is 1. The van der Waals surface area contributed by atoms with Crippen LogP contribution in [0.4, 0.5) is 0 Å². The van der Waals surface area contributed by atoms with Gasteiger partial charge in [0, 0.05) is 11.7 Å². The Kier molecular flexibility index (Phi) is 6.01. The van der Waals surface area contributed by atoms with Crippen molar-refractivity contribution in [3.8, 4) is 0 Å². The Morgan fingerprint density at radius 2 is 2.06 bits per heavy atom. The number of benzene rings is 1. The molecule has 0 saturated heterocycles. The highest BCUT2D eigenvalue weighted by Crippen LogP contribution is 2.07. The van der Waals surface area contributed by atoms with E-state index >= 15 is 0 Å². The second-order valence-corrected chi connectivity index (χ2v) is 4.45. The maximum atomic E-state index is 11.3. The van der Waals surface area contributed by atoms with E-state index in [1.807, 2.05) is 37.3 Å². The van der Waals surface area contributed by atoms with Crippen molar-refractivity contribution in [2.45, 2.75) is 31.4 Å². The molecule has 1 atom stereocenters. The zero-order valence-electron chi connectivity index (χ0n) is 9.56. The van der Waals surface area contributed by atoms with Crippen molar-refractivity contribution in [2.24, 2.45) is 0 Å². The second-order valence-electron chi connectivity index (χ2n) is 3.72. The van der Waals surface area contributed by atoms with E-state index in [-0.39, 0.29) is 11.2 Å². The minimum Gasteiger partial charge on any atom is -0.465 e. The minimum atomic E-state index is -0.155. The Bertz CT molecular complexity index is 311. The van der Waals surface area contributed by atoms with Crippen LogP contribution in [0.2, 0.25) is 0 Å². The van der Waals surface area contributed by atoms with E-state index in [0.717, 1.165) is 12.8 Å². The fourth-order valence-electron chi connectivity index (χ4n) is 1.32. The average molecular weight is 238 g/mol. The lowest BCUT2D eigenvalue weighted by Gasteiger charge is -2.08. The van der Waals surface area contributed by atoms with E-state index in [4.69, 9.17) is 4.74 Å². The Morgan fingerprint density at radius 1 is 1.38 bits per heavy atom. The van der Waals surface area contributed by atoms with Crippen molar-refractivity contribution in [1.82, 2.24) is 0 Å². The molecule has 0 aliphatic rings. The first kappa shape index (κ1) is 13.1. The predicted molar refractivity (Wildman–Crippen MR) is 68.8 cm³/mol. The summed E-state index contributed by atoms with van der Waals surface area (Å²) in [6.45, 7) is 2.46. The van der Waals surface area contributed by atoms with Gasteiger partial charge in [0.2, 0.25) is 0 Å². The SMILES string of the molecule is CCC(S)CC(=O)OCCc1ccccc1. The van der Waals surface area contributed by atoms with Crippen LogP contribution >= 0.6 is 12.6 Å². The Hall–Kier alpha value is -0.960. The molecule has 0 bridgehead atoms. The maximum absolute atomic E-state index is 11.3. The van der Waals surface area contributed by atoms with Crippen LogP contribution in [0.1, 0.15) is 25.3 Å². The van der Waals surface area contributed by atoms with Gasteiger partial charge >= 0.3 is 5.97 Å². The number of rotatable bonds is 6. The molecule has 0 saturated carbocycles. The van der Waals surface area contributed by atoms with E-state index in [1.54, 1.807) is 0 Å². The van der Waals surface area contributed by atoms with Crippen molar-refractivity contribution in [3.05, 3.63) is 35.9 Å². The molecule has 1 rings (SSSR count). The lowest BCUT2D eigenvalue weighted by Crippen LogP contribution is -2.12. The van der Waals surface area contributed by atoms with E-state index in [0.29, 0.717) is 13.0 Å². The standard InChI is InChI=1S/C13H18O2S/c1-2-12(16)10-13(14)15-9-8-11-6-4-3-5-7-11/h3-7,12,16H,2,8-10H2,1H3. The first-order valence-corrected chi connectivity index (χ1v) is 6.11. The van der Waals surface area contributed by atoms with Crippen LogP contribution < -0.4 is 0 Å². The normalized spacial score (nSPS) is 12.1. The molecule has 0 spiro atoms. The molecule has 0 aliphatic heterocycles. The quantitative estimate of drug-likeness (QED) is 0.609. The van der Waals surface area contributed by atoms with Crippen LogP contribution in [0.3, 0.4) is 0 Å². The zero-order valence-corrected chi connectivity index (χ0v) is 10.5. The van der Waals surface area contributed by atoms with Gasteiger partial charge in [0.1, 0.15) is 0 Å². The summed E-state index contributed by atoms with van der Waals surface area (Å²) < 4.78 is 5.13. The topological polar surface area (TPSA) is 26.3 Å². The number of carbonyl (C=O) groups excluding carboxylic acids is 1. The first-order chi connectivity index (χ1) is 7.72. The molecule has 2 nitrogen and oxygen atoms in total. The Morgan fingerprint density at radius 3 is 2.69 bits per heavy atom. The lowest BCUT2D eigenvalue weighted by molar-refractivity contribution is -0.143. The number of carbonyl (C=O) groups is 1. The highest BCUT2D eigenvalue weighted by atomic mass is 32.1. The van der Waals surface area contributed by atoms with Crippen molar-refractivity contribution in [1.29, 1.82) is 0 Å². The highest BCUT2D eigenvalue weighted by molar-refractivity contribution is 7.81. The molecule has 0 aliphatic carbocycles. The fourth-order valence-corrected chi connectivity index (χ4v) is 1.47. The van der Waals surface area contributed by atoms with E-state index in [9.17, 15) is 4.79 Å². The molecule has 0 aromatic heterocycles. The average Bonchev–Trinajstić information content (AvgIpc) is 2.30. The fraction of sp³-hybridized carbons (Fsp3) is 0.462. The molecule has 0 amide bonds. The molecular formula is C13H18O2S. The number of thiol groups is 1. The highest BCUT2D eigenvalue weighted by Gasteiger charge is 2.08. The summed E-state index contributed by atoms with van der Waals surface area (Å²) in [5.74, 6) is -0.155. The molecular weight excluding hydrogens is 220 g/mol. The largest absolute Gasteiger partial charge is 0.465 e. The van der Waals surface area contributed by atoms with Crippen molar-refractivity contribution in [3.63, 3.8) is 0 Å². The summed E-state index contributed by atoms with van der Waals surface area (Å²) in [7, 11) is 0. The third-order valence-electron chi connectivity index (χ3n) is 2.37. The molecule has 1 aromatic carbocycles. The smallest absolute Gasteiger partial charge is 0.306 e. The van der Waals surface area contributed by atoms with Gasteiger partial charge in [0.15, 0.2) is 0 Å². The predicted octanol–water partition coefficient (Wildman–Crippen LogP) is 2.87. The van der Waals surface area contributed by atoms with Gasteiger partial charge in [-0.2, -0.15) is 12.6 Å². The first-order valence-electron chi connectivity index (χ1n) is 5.60. The van der Waals surface area contributed by atoms with Gasteiger partial charge in [-0.3, -0.25) is 4.79 Å². The number of hydrogen-bond acceptors (Lipinski definition) is 3. The summed E-state index contributed by atoms with van der Waals surface area (Å²) in [6.07, 6.45) is 2.06.